The third kappa shape index (κ3) is 7.08. The summed E-state index contributed by atoms with van der Waals surface area (Å²) in [6.07, 6.45) is 2.66. The van der Waals surface area contributed by atoms with Crippen LogP contribution in [0.25, 0.3) is 10.8 Å². The number of allylic oxidation sites excluding steroid dienone is 1. The summed E-state index contributed by atoms with van der Waals surface area (Å²) >= 11 is 0. The van der Waals surface area contributed by atoms with Crippen LogP contribution in [-0.4, -0.2) is 35.5 Å². The predicted octanol–water partition coefficient (Wildman–Crippen LogP) is 5.56. The monoisotopic (exact) mass is 463 g/mol. The van der Waals surface area contributed by atoms with Gasteiger partial charge >= 0.3 is 12.1 Å². The Morgan fingerprint density at radius 3 is 2.62 bits per heavy atom. The van der Waals surface area contributed by atoms with Gasteiger partial charge in [0.15, 0.2) is 0 Å². The van der Waals surface area contributed by atoms with E-state index >= 15 is 0 Å². The molecule has 7 heteroatoms. The maximum Gasteiger partial charge on any atom is 0.412 e. The molecule has 0 aliphatic rings. The molecule has 7 nitrogen and oxygen atoms in total. The van der Waals surface area contributed by atoms with E-state index in [1.807, 2.05) is 55.5 Å². The molecule has 0 aliphatic carbocycles. The molecule has 1 amide bonds. The quantitative estimate of drug-likeness (QED) is 0.322. The van der Waals surface area contributed by atoms with Gasteiger partial charge in [0, 0.05) is 11.5 Å². The Morgan fingerprint density at radius 1 is 1.06 bits per heavy atom. The van der Waals surface area contributed by atoms with E-state index in [4.69, 9.17) is 19.7 Å². The lowest BCUT2D eigenvalue weighted by atomic mass is 9.93. The second kappa shape index (κ2) is 12.4. The minimum absolute atomic E-state index is 0.107. The normalized spacial score (nSPS) is 12.9. The number of hydrogen-bond acceptors (Lipinski definition) is 5. The van der Waals surface area contributed by atoms with E-state index in [9.17, 15) is 9.59 Å². The largest absolute Gasteiger partial charge is 0.491 e. The fourth-order valence-corrected chi connectivity index (χ4v) is 3.74. The van der Waals surface area contributed by atoms with Crippen molar-refractivity contribution in [3.8, 4) is 5.75 Å². The first kappa shape index (κ1) is 24.8. The SMILES string of the molecule is C[C@@H](CC/C=C/C(=O)O)[C@H](OC(=O)Nc1cccc2ccccc12)c1cccc(OCCO)c1. The minimum atomic E-state index is -0.997. The van der Waals surface area contributed by atoms with Crippen molar-refractivity contribution in [2.45, 2.75) is 25.9 Å². The van der Waals surface area contributed by atoms with Gasteiger partial charge in [-0.25, -0.2) is 9.59 Å². The van der Waals surface area contributed by atoms with Gasteiger partial charge in [0.25, 0.3) is 0 Å². The number of rotatable bonds is 11. The average Bonchev–Trinajstić information content (AvgIpc) is 2.84. The van der Waals surface area contributed by atoms with Crippen molar-refractivity contribution in [2.24, 2.45) is 5.92 Å². The van der Waals surface area contributed by atoms with Crippen LogP contribution in [0.5, 0.6) is 5.75 Å². The van der Waals surface area contributed by atoms with Crippen LogP contribution >= 0.6 is 0 Å². The molecule has 3 aromatic carbocycles. The van der Waals surface area contributed by atoms with E-state index in [-0.39, 0.29) is 19.1 Å². The zero-order valence-electron chi connectivity index (χ0n) is 19.0. The lowest BCUT2D eigenvalue weighted by molar-refractivity contribution is -0.131. The molecule has 0 aromatic heterocycles. The number of fused-ring (bicyclic) bond motifs is 1. The van der Waals surface area contributed by atoms with E-state index in [1.54, 1.807) is 24.3 Å². The van der Waals surface area contributed by atoms with E-state index < -0.39 is 18.2 Å². The summed E-state index contributed by atoms with van der Waals surface area (Å²) in [4.78, 5) is 23.7. The first-order chi connectivity index (χ1) is 16.5. The van der Waals surface area contributed by atoms with E-state index in [2.05, 4.69) is 5.32 Å². The van der Waals surface area contributed by atoms with Gasteiger partial charge in [0.2, 0.25) is 0 Å². The van der Waals surface area contributed by atoms with Crippen molar-refractivity contribution in [1.82, 2.24) is 0 Å². The van der Waals surface area contributed by atoms with Crippen molar-refractivity contribution < 1.29 is 29.3 Å². The molecule has 0 radical (unpaired) electrons. The molecule has 34 heavy (non-hydrogen) atoms. The van der Waals surface area contributed by atoms with Gasteiger partial charge in [-0.1, -0.05) is 61.5 Å². The van der Waals surface area contributed by atoms with E-state index in [0.29, 0.717) is 24.3 Å². The number of carboxylic acid groups (broad SMARTS) is 1. The summed E-state index contributed by atoms with van der Waals surface area (Å²) in [5, 5.41) is 22.6. The fourth-order valence-electron chi connectivity index (χ4n) is 3.74. The molecule has 0 fully saturated rings. The number of anilines is 1. The standard InChI is InChI=1S/C27H29NO6/c1-19(8-2-5-15-25(30)31)26(21-11-6-12-22(18-21)33-17-16-29)34-27(32)28-24-14-7-10-20-9-3-4-13-23(20)24/h3-7,9-15,18-19,26,29H,2,8,16-17H2,1H3,(H,28,32)(H,30,31)/b15-5+/t19-,26-/m0/s1. The van der Waals surface area contributed by atoms with E-state index in [1.165, 1.54) is 0 Å². The van der Waals surface area contributed by atoms with Gasteiger partial charge in [0.1, 0.15) is 18.5 Å². The first-order valence-corrected chi connectivity index (χ1v) is 11.2. The molecule has 0 unspecified atom stereocenters. The number of aliphatic hydroxyl groups excluding tert-OH is 1. The maximum atomic E-state index is 12.9. The lowest BCUT2D eigenvalue weighted by Gasteiger charge is -2.25. The van der Waals surface area contributed by atoms with Crippen LogP contribution < -0.4 is 10.1 Å². The Balaban J connectivity index is 1.79. The Labute approximate surface area is 198 Å². The van der Waals surface area contributed by atoms with Crippen LogP contribution in [-0.2, 0) is 9.53 Å². The molecule has 0 saturated carbocycles. The molecule has 3 aromatic rings. The van der Waals surface area contributed by atoms with Crippen LogP contribution in [0.1, 0.15) is 31.4 Å². The van der Waals surface area contributed by atoms with Gasteiger partial charge in [-0.15, -0.1) is 0 Å². The molecule has 2 atom stereocenters. The van der Waals surface area contributed by atoms with Crippen LogP contribution in [0.15, 0.2) is 78.9 Å². The van der Waals surface area contributed by atoms with Gasteiger partial charge in [0.05, 0.1) is 12.3 Å². The summed E-state index contributed by atoms with van der Waals surface area (Å²) in [6, 6.07) is 20.6. The lowest BCUT2D eigenvalue weighted by Crippen LogP contribution is -2.22. The van der Waals surface area contributed by atoms with Crippen LogP contribution in [0.4, 0.5) is 10.5 Å². The van der Waals surface area contributed by atoms with Crippen molar-refractivity contribution in [3.05, 3.63) is 84.4 Å². The number of nitrogens with one attached hydrogen (secondary N) is 1. The molecular weight excluding hydrogens is 434 g/mol. The number of aliphatic hydroxyl groups is 1. The highest BCUT2D eigenvalue weighted by atomic mass is 16.6. The molecule has 0 aliphatic heterocycles. The van der Waals surface area contributed by atoms with Gasteiger partial charge in [-0.05, 0) is 47.9 Å². The number of carboxylic acids is 1. The van der Waals surface area contributed by atoms with Crippen LogP contribution in [0, 0.1) is 5.92 Å². The minimum Gasteiger partial charge on any atom is -0.491 e. The topological polar surface area (TPSA) is 105 Å². The zero-order chi connectivity index (χ0) is 24.3. The molecule has 0 saturated heterocycles. The number of hydrogen-bond donors (Lipinski definition) is 3. The number of aliphatic carboxylic acids is 1. The maximum absolute atomic E-state index is 12.9. The highest BCUT2D eigenvalue weighted by molar-refractivity contribution is 6.00. The van der Waals surface area contributed by atoms with Crippen LogP contribution in [0.3, 0.4) is 0 Å². The smallest absolute Gasteiger partial charge is 0.412 e. The third-order valence-electron chi connectivity index (χ3n) is 5.37. The molecule has 3 N–H and O–H groups in total. The van der Waals surface area contributed by atoms with Crippen molar-refractivity contribution in [2.75, 3.05) is 18.5 Å². The first-order valence-electron chi connectivity index (χ1n) is 11.2. The van der Waals surface area contributed by atoms with Crippen LogP contribution in [0.2, 0.25) is 0 Å². The summed E-state index contributed by atoms with van der Waals surface area (Å²) in [5.74, 6) is -0.541. The molecule has 0 heterocycles. The Morgan fingerprint density at radius 2 is 1.82 bits per heavy atom. The number of benzene rings is 3. The molecule has 0 bridgehead atoms. The van der Waals surface area contributed by atoms with Crippen molar-refractivity contribution in [3.63, 3.8) is 0 Å². The highest BCUT2D eigenvalue weighted by Crippen LogP contribution is 2.32. The molecular formula is C27H29NO6. The fraction of sp³-hybridized carbons (Fsp3) is 0.259. The summed E-state index contributed by atoms with van der Waals surface area (Å²) < 4.78 is 11.4. The molecule has 0 spiro atoms. The number of amides is 1. The average molecular weight is 464 g/mol. The zero-order valence-corrected chi connectivity index (χ0v) is 19.0. The number of carbonyl (C=O) groups is 2. The predicted molar refractivity (Wildman–Crippen MR) is 131 cm³/mol. The number of carbonyl (C=O) groups excluding carboxylic acids is 1. The Hall–Kier alpha value is -3.84. The summed E-state index contributed by atoms with van der Waals surface area (Å²) in [7, 11) is 0. The second-order valence-electron chi connectivity index (χ2n) is 7.92. The third-order valence-corrected chi connectivity index (χ3v) is 5.37. The van der Waals surface area contributed by atoms with Crippen molar-refractivity contribution >= 4 is 28.5 Å². The Bertz CT molecular complexity index is 1140. The molecule has 3 rings (SSSR count). The summed E-state index contributed by atoms with van der Waals surface area (Å²) in [5.41, 5.74) is 1.40. The molecule has 178 valence electrons. The summed E-state index contributed by atoms with van der Waals surface area (Å²) in [6.45, 7) is 2.00. The van der Waals surface area contributed by atoms with Gasteiger partial charge in [-0.2, -0.15) is 0 Å². The number of ether oxygens (including phenoxy) is 2. The Kier molecular flexibility index (Phi) is 9.05. The van der Waals surface area contributed by atoms with Crippen molar-refractivity contribution in [1.29, 1.82) is 0 Å². The van der Waals surface area contributed by atoms with E-state index in [0.717, 1.165) is 22.4 Å². The highest BCUT2D eigenvalue weighted by Gasteiger charge is 2.24. The van der Waals surface area contributed by atoms with Gasteiger partial charge in [-0.3, -0.25) is 5.32 Å². The second-order valence-corrected chi connectivity index (χ2v) is 7.92. The van der Waals surface area contributed by atoms with Gasteiger partial charge < -0.3 is 19.7 Å².